The molecule has 94 valence electrons. The van der Waals surface area contributed by atoms with E-state index in [9.17, 15) is 4.79 Å². The lowest BCUT2D eigenvalue weighted by Gasteiger charge is -2.05. The van der Waals surface area contributed by atoms with E-state index in [1.54, 1.807) is 25.0 Å². The van der Waals surface area contributed by atoms with Crippen molar-refractivity contribution in [2.24, 2.45) is 0 Å². The van der Waals surface area contributed by atoms with Gasteiger partial charge in [0, 0.05) is 17.9 Å². The average molecular weight is 261 g/mol. The number of ketones is 1. The summed E-state index contributed by atoms with van der Waals surface area (Å²) in [7, 11) is 0. The third-order valence-electron chi connectivity index (χ3n) is 2.46. The van der Waals surface area contributed by atoms with Crippen LogP contribution in [0.25, 0.3) is 5.69 Å². The number of nitrogens with zero attached hydrogens (tertiary/aromatic N) is 3. The lowest BCUT2D eigenvalue weighted by Crippen LogP contribution is -1.96. The number of benzene rings is 1. The number of Topliss-reactive ketones (excluding diaryl/α,β-unsaturated/α-hetero) is 1. The minimum atomic E-state index is 0.236. The third kappa shape index (κ3) is 3.43. The van der Waals surface area contributed by atoms with E-state index in [1.165, 1.54) is 0 Å². The molecule has 5 heteroatoms. The number of thioether (sulfide) groups is 1. The molecule has 0 bridgehead atoms. The van der Waals surface area contributed by atoms with Crippen LogP contribution in [0.15, 0.2) is 41.8 Å². The van der Waals surface area contributed by atoms with Gasteiger partial charge in [-0.15, -0.1) is 10.2 Å². The molecule has 18 heavy (non-hydrogen) atoms. The summed E-state index contributed by atoms with van der Waals surface area (Å²) < 4.78 is 1.96. The van der Waals surface area contributed by atoms with Crippen molar-refractivity contribution in [3.63, 3.8) is 0 Å². The predicted octanol–water partition coefficient (Wildman–Crippen LogP) is 2.73. The highest BCUT2D eigenvalue weighted by Crippen LogP contribution is 2.20. The van der Waals surface area contributed by atoms with Crippen LogP contribution in [0.4, 0.5) is 0 Å². The summed E-state index contributed by atoms with van der Waals surface area (Å²) in [6, 6.07) is 9.98. The Morgan fingerprint density at radius 2 is 2.11 bits per heavy atom. The molecule has 0 fully saturated rings. The fraction of sp³-hybridized carbons (Fsp3) is 0.308. The van der Waals surface area contributed by atoms with Gasteiger partial charge in [-0.05, 0) is 25.5 Å². The summed E-state index contributed by atoms with van der Waals surface area (Å²) in [6.07, 6.45) is 3.22. The SMILES string of the molecule is CC(=O)CCCSc1nncn1-c1ccccc1. The summed E-state index contributed by atoms with van der Waals surface area (Å²) in [5, 5.41) is 8.90. The molecule has 0 saturated carbocycles. The van der Waals surface area contributed by atoms with Gasteiger partial charge in [0.05, 0.1) is 0 Å². The zero-order chi connectivity index (χ0) is 12.8. The highest BCUT2D eigenvalue weighted by Gasteiger charge is 2.06. The van der Waals surface area contributed by atoms with Gasteiger partial charge in [0.1, 0.15) is 12.1 Å². The Labute approximate surface area is 110 Å². The maximum atomic E-state index is 10.9. The van der Waals surface area contributed by atoms with Crippen molar-refractivity contribution in [2.45, 2.75) is 24.9 Å². The summed E-state index contributed by atoms with van der Waals surface area (Å²) in [6.45, 7) is 1.62. The first-order valence-electron chi connectivity index (χ1n) is 5.85. The van der Waals surface area contributed by atoms with E-state index >= 15 is 0 Å². The monoisotopic (exact) mass is 261 g/mol. The number of para-hydroxylation sites is 1. The number of rotatable bonds is 6. The summed E-state index contributed by atoms with van der Waals surface area (Å²) >= 11 is 1.63. The van der Waals surface area contributed by atoms with Gasteiger partial charge in [0.15, 0.2) is 5.16 Å². The second-order valence-corrected chi connectivity index (χ2v) is 5.04. The van der Waals surface area contributed by atoms with Crippen LogP contribution in [0.2, 0.25) is 0 Å². The van der Waals surface area contributed by atoms with Crippen molar-refractivity contribution in [1.82, 2.24) is 14.8 Å². The molecule has 0 radical (unpaired) electrons. The van der Waals surface area contributed by atoms with Crippen molar-refractivity contribution < 1.29 is 4.79 Å². The topological polar surface area (TPSA) is 47.8 Å². The lowest BCUT2D eigenvalue weighted by molar-refractivity contribution is -0.117. The minimum Gasteiger partial charge on any atom is -0.300 e. The Bertz CT molecular complexity index is 510. The second-order valence-electron chi connectivity index (χ2n) is 3.97. The highest BCUT2D eigenvalue weighted by molar-refractivity contribution is 7.99. The van der Waals surface area contributed by atoms with Crippen molar-refractivity contribution in [3.05, 3.63) is 36.7 Å². The molecular weight excluding hydrogens is 246 g/mol. The van der Waals surface area contributed by atoms with Gasteiger partial charge in [0.2, 0.25) is 0 Å². The predicted molar refractivity (Wildman–Crippen MR) is 72.0 cm³/mol. The lowest BCUT2D eigenvalue weighted by atomic mass is 10.3. The summed E-state index contributed by atoms with van der Waals surface area (Å²) in [4.78, 5) is 10.9. The first-order valence-corrected chi connectivity index (χ1v) is 6.83. The standard InChI is InChI=1S/C13H15N3OS/c1-11(17)6-5-9-18-13-15-14-10-16(13)12-7-3-2-4-8-12/h2-4,7-8,10H,5-6,9H2,1H3. The van der Waals surface area contributed by atoms with Crippen LogP contribution < -0.4 is 0 Å². The number of carbonyl (C=O) groups is 1. The molecule has 0 aliphatic rings. The smallest absolute Gasteiger partial charge is 0.195 e. The van der Waals surface area contributed by atoms with E-state index in [-0.39, 0.29) is 5.78 Å². The van der Waals surface area contributed by atoms with Crippen molar-refractivity contribution in [2.75, 3.05) is 5.75 Å². The van der Waals surface area contributed by atoms with Gasteiger partial charge in [-0.3, -0.25) is 4.57 Å². The van der Waals surface area contributed by atoms with E-state index in [2.05, 4.69) is 10.2 Å². The van der Waals surface area contributed by atoms with Gasteiger partial charge in [-0.2, -0.15) is 0 Å². The van der Waals surface area contributed by atoms with Gasteiger partial charge >= 0.3 is 0 Å². The first-order chi connectivity index (χ1) is 8.77. The van der Waals surface area contributed by atoms with Crippen LogP contribution in [-0.4, -0.2) is 26.3 Å². The summed E-state index contributed by atoms with van der Waals surface area (Å²) in [5.41, 5.74) is 1.05. The molecule has 0 saturated heterocycles. The molecule has 2 rings (SSSR count). The first kappa shape index (κ1) is 12.8. The molecule has 0 N–H and O–H groups in total. The average Bonchev–Trinajstić information content (AvgIpc) is 2.84. The van der Waals surface area contributed by atoms with Crippen LogP contribution in [0.5, 0.6) is 0 Å². The van der Waals surface area contributed by atoms with Crippen molar-refractivity contribution in [1.29, 1.82) is 0 Å². The van der Waals surface area contributed by atoms with Gasteiger partial charge in [0.25, 0.3) is 0 Å². The Balaban J connectivity index is 1.98. The molecule has 0 unspecified atom stereocenters. The number of hydrogen-bond acceptors (Lipinski definition) is 4. The number of hydrogen-bond donors (Lipinski definition) is 0. The van der Waals surface area contributed by atoms with E-state index in [4.69, 9.17) is 0 Å². The molecule has 0 spiro atoms. The fourth-order valence-electron chi connectivity index (χ4n) is 1.57. The fourth-order valence-corrected chi connectivity index (χ4v) is 2.44. The van der Waals surface area contributed by atoms with Crippen molar-refractivity contribution in [3.8, 4) is 5.69 Å². The maximum Gasteiger partial charge on any atom is 0.195 e. The largest absolute Gasteiger partial charge is 0.300 e. The zero-order valence-electron chi connectivity index (χ0n) is 10.2. The minimum absolute atomic E-state index is 0.236. The number of carbonyl (C=O) groups excluding carboxylic acids is 1. The zero-order valence-corrected chi connectivity index (χ0v) is 11.1. The van der Waals surface area contributed by atoms with Crippen LogP contribution in [-0.2, 0) is 4.79 Å². The highest BCUT2D eigenvalue weighted by atomic mass is 32.2. The van der Waals surface area contributed by atoms with Gasteiger partial charge in [-0.1, -0.05) is 30.0 Å². The van der Waals surface area contributed by atoms with Crippen molar-refractivity contribution >= 4 is 17.5 Å². The Hall–Kier alpha value is -1.62. The van der Waals surface area contributed by atoms with E-state index in [1.807, 2.05) is 34.9 Å². The maximum absolute atomic E-state index is 10.9. The third-order valence-corrected chi connectivity index (χ3v) is 3.48. The second kappa shape index (κ2) is 6.35. The van der Waals surface area contributed by atoms with E-state index < -0.39 is 0 Å². The molecule has 1 aromatic heterocycles. The molecule has 0 atom stereocenters. The molecule has 2 aromatic rings. The molecule has 0 aliphatic carbocycles. The molecule has 0 aliphatic heterocycles. The van der Waals surface area contributed by atoms with Crippen LogP contribution >= 0.6 is 11.8 Å². The van der Waals surface area contributed by atoms with Crippen LogP contribution in [0.1, 0.15) is 19.8 Å². The summed E-state index contributed by atoms with van der Waals surface area (Å²) in [5.74, 6) is 1.12. The van der Waals surface area contributed by atoms with Crippen LogP contribution in [0, 0.1) is 0 Å². The Morgan fingerprint density at radius 3 is 2.83 bits per heavy atom. The molecule has 0 amide bonds. The number of aromatic nitrogens is 3. The Morgan fingerprint density at radius 1 is 1.33 bits per heavy atom. The Kier molecular flexibility index (Phi) is 4.52. The quantitative estimate of drug-likeness (QED) is 0.592. The normalized spacial score (nSPS) is 10.5. The van der Waals surface area contributed by atoms with Gasteiger partial charge in [-0.25, -0.2) is 0 Å². The molecule has 1 aromatic carbocycles. The van der Waals surface area contributed by atoms with Crippen LogP contribution in [0.3, 0.4) is 0 Å². The molecule has 1 heterocycles. The van der Waals surface area contributed by atoms with Gasteiger partial charge < -0.3 is 4.79 Å². The van der Waals surface area contributed by atoms with E-state index in [0.717, 1.165) is 23.0 Å². The molecule has 4 nitrogen and oxygen atoms in total. The molecular formula is C13H15N3OS. The van der Waals surface area contributed by atoms with E-state index in [0.29, 0.717) is 6.42 Å².